The van der Waals surface area contributed by atoms with E-state index in [4.69, 9.17) is 0 Å². The van der Waals surface area contributed by atoms with Crippen molar-refractivity contribution in [1.29, 1.82) is 0 Å². The van der Waals surface area contributed by atoms with E-state index in [-0.39, 0.29) is 11.5 Å². The summed E-state index contributed by atoms with van der Waals surface area (Å²) in [5.74, 6) is -1.54. The number of hydrogen-bond acceptors (Lipinski definition) is 5. The summed E-state index contributed by atoms with van der Waals surface area (Å²) in [5, 5.41) is 14.6. The lowest BCUT2D eigenvalue weighted by molar-refractivity contribution is -0.255. The lowest BCUT2D eigenvalue weighted by Crippen LogP contribution is -2.22. The number of nitrogens with zero attached hydrogens (tertiary/aromatic N) is 2. The molecule has 0 aliphatic heterocycles. The molecule has 25 heavy (non-hydrogen) atoms. The Hall–Kier alpha value is -3.15. The largest absolute Gasteiger partial charge is 0.545 e. The first-order chi connectivity index (χ1) is 12.0. The predicted molar refractivity (Wildman–Crippen MR) is 95.8 cm³/mol. The average Bonchev–Trinajstić information content (AvgIpc) is 2.63. The molecule has 0 aliphatic carbocycles. The minimum Gasteiger partial charge on any atom is -0.545 e. The molecule has 0 heterocycles. The summed E-state index contributed by atoms with van der Waals surface area (Å²) in [6.07, 6.45) is 1.45. The second kappa shape index (κ2) is 8.63. The number of benzene rings is 2. The number of carboxylic acids is 1. The lowest BCUT2D eigenvalue weighted by Gasteiger charge is -2.20. The van der Waals surface area contributed by atoms with E-state index in [2.05, 4.69) is 29.3 Å². The van der Waals surface area contributed by atoms with Crippen LogP contribution in [0, 0.1) is 0 Å². The molecule has 0 aliphatic rings. The number of carboxylic acid groups (broad SMARTS) is 1. The summed E-state index contributed by atoms with van der Waals surface area (Å²) >= 11 is 0. The van der Waals surface area contributed by atoms with Gasteiger partial charge in [-0.2, -0.15) is 5.10 Å². The highest BCUT2D eigenvalue weighted by Crippen LogP contribution is 2.14. The SMILES string of the molecule is CCN(CC)c1ccc(C(=O)N/N=C\c2ccc(C(=O)[O-])cc2)cc1. The van der Waals surface area contributed by atoms with Gasteiger partial charge in [-0.1, -0.05) is 24.3 Å². The van der Waals surface area contributed by atoms with Gasteiger partial charge < -0.3 is 14.8 Å². The maximum absolute atomic E-state index is 12.1. The van der Waals surface area contributed by atoms with E-state index in [9.17, 15) is 14.7 Å². The van der Waals surface area contributed by atoms with E-state index in [0.29, 0.717) is 11.1 Å². The Bertz CT molecular complexity index is 748. The van der Waals surface area contributed by atoms with Gasteiger partial charge in [0.2, 0.25) is 0 Å². The van der Waals surface area contributed by atoms with Crippen LogP contribution in [0.5, 0.6) is 0 Å². The van der Waals surface area contributed by atoms with Crippen LogP contribution in [0.25, 0.3) is 0 Å². The minimum absolute atomic E-state index is 0.0921. The highest BCUT2D eigenvalue weighted by Gasteiger charge is 2.06. The fourth-order valence-electron chi connectivity index (χ4n) is 2.35. The van der Waals surface area contributed by atoms with Crippen molar-refractivity contribution in [3.8, 4) is 0 Å². The van der Waals surface area contributed by atoms with Gasteiger partial charge in [0.05, 0.1) is 12.2 Å². The molecule has 2 aromatic carbocycles. The van der Waals surface area contributed by atoms with Crippen LogP contribution in [-0.4, -0.2) is 31.2 Å². The zero-order chi connectivity index (χ0) is 18.2. The Morgan fingerprint density at radius 1 is 1.00 bits per heavy atom. The lowest BCUT2D eigenvalue weighted by atomic mass is 10.1. The quantitative estimate of drug-likeness (QED) is 0.615. The van der Waals surface area contributed by atoms with Gasteiger partial charge in [0, 0.05) is 24.3 Å². The molecule has 130 valence electrons. The molecule has 0 bridgehead atoms. The van der Waals surface area contributed by atoms with Crippen LogP contribution >= 0.6 is 0 Å². The van der Waals surface area contributed by atoms with Gasteiger partial charge in [-0.15, -0.1) is 0 Å². The van der Waals surface area contributed by atoms with Gasteiger partial charge >= 0.3 is 0 Å². The molecule has 2 rings (SSSR count). The number of anilines is 1. The van der Waals surface area contributed by atoms with Crippen molar-refractivity contribution in [2.75, 3.05) is 18.0 Å². The summed E-state index contributed by atoms with van der Waals surface area (Å²) in [6, 6.07) is 13.3. The van der Waals surface area contributed by atoms with Gasteiger partial charge in [-0.3, -0.25) is 4.79 Å². The van der Waals surface area contributed by atoms with Crippen molar-refractivity contribution < 1.29 is 14.7 Å². The molecule has 6 heteroatoms. The van der Waals surface area contributed by atoms with Crippen LogP contribution in [0.3, 0.4) is 0 Å². The van der Waals surface area contributed by atoms with Gasteiger partial charge in [0.1, 0.15) is 0 Å². The maximum atomic E-state index is 12.1. The topological polar surface area (TPSA) is 84.8 Å². The Balaban J connectivity index is 1.96. The van der Waals surface area contributed by atoms with Crippen LogP contribution in [0.1, 0.15) is 40.1 Å². The summed E-state index contributed by atoms with van der Waals surface area (Å²) in [6.45, 7) is 5.98. The zero-order valence-electron chi connectivity index (χ0n) is 14.2. The third-order valence-electron chi connectivity index (χ3n) is 3.78. The Morgan fingerprint density at radius 3 is 2.08 bits per heavy atom. The van der Waals surface area contributed by atoms with Crippen molar-refractivity contribution >= 4 is 23.8 Å². The molecule has 0 unspecified atom stereocenters. The van der Waals surface area contributed by atoms with E-state index < -0.39 is 5.97 Å². The summed E-state index contributed by atoms with van der Waals surface area (Å²) in [5.41, 5.74) is 4.79. The monoisotopic (exact) mass is 338 g/mol. The molecule has 0 atom stereocenters. The summed E-state index contributed by atoms with van der Waals surface area (Å²) in [7, 11) is 0. The molecule has 2 aromatic rings. The Kier molecular flexibility index (Phi) is 6.28. The van der Waals surface area contributed by atoms with Gasteiger partial charge in [0.15, 0.2) is 0 Å². The first-order valence-electron chi connectivity index (χ1n) is 8.05. The number of nitrogens with one attached hydrogen (secondary N) is 1. The number of carbonyl (C=O) groups excluding carboxylic acids is 2. The first-order valence-corrected chi connectivity index (χ1v) is 8.05. The Labute approximate surface area is 146 Å². The third kappa shape index (κ3) is 4.91. The molecule has 1 amide bonds. The molecule has 0 fully saturated rings. The molecule has 0 saturated carbocycles. The van der Waals surface area contributed by atoms with Crippen LogP contribution < -0.4 is 15.4 Å². The predicted octanol–water partition coefficient (Wildman–Crippen LogP) is 1.66. The number of hydrazone groups is 1. The van der Waals surface area contributed by atoms with Crippen molar-refractivity contribution in [1.82, 2.24) is 5.43 Å². The molecule has 6 nitrogen and oxygen atoms in total. The van der Waals surface area contributed by atoms with Crippen LogP contribution in [0.4, 0.5) is 5.69 Å². The fourth-order valence-corrected chi connectivity index (χ4v) is 2.35. The van der Waals surface area contributed by atoms with Crippen molar-refractivity contribution in [3.63, 3.8) is 0 Å². The van der Waals surface area contributed by atoms with E-state index in [1.807, 2.05) is 12.1 Å². The van der Waals surface area contributed by atoms with Crippen molar-refractivity contribution in [2.45, 2.75) is 13.8 Å². The Morgan fingerprint density at radius 2 is 1.56 bits per heavy atom. The average molecular weight is 338 g/mol. The van der Waals surface area contributed by atoms with Gasteiger partial charge in [-0.25, -0.2) is 5.43 Å². The molecule has 0 radical (unpaired) electrons. The minimum atomic E-state index is -1.23. The van der Waals surface area contributed by atoms with Crippen molar-refractivity contribution in [2.24, 2.45) is 5.10 Å². The molecule has 0 spiro atoms. The molecule has 1 N–H and O–H groups in total. The van der Waals surface area contributed by atoms with Crippen LogP contribution in [0.2, 0.25) is 0 Å². The van der Waals surface area contributed by atoms with Crippen LogP contribution in [0.15, 0.2) is 53.6 Å². The first kappa shape index (κ1) is 18.2. The third-order valence-corrected chi connectivity index (χ3v) is 3.78. The number of rotatable bonds is 7. The molecular weight excluding hydrogens is 318 g/mol. The number of amides is 1. The maximum Gasteiger partial charge on any atom is 0.271 e. The van der Waals surface area contributed by atoms with Crippen molar-refractivity contribution in [3.05, 3.63) is 65.2 Å². The zero-order valence-corrected chi connectivity index (χ0v) is 14.2. The fraction of sp³-hybridized carbons (Fsp3) is 0.211. The van der Waals surface area contributed by atoms with E-state index in [1.165, 1.54) is 18.3 Å². The van der Waals surface area contributed by atoms with E-state index in [1.54, 1.807) is 24.3 Å². The highest BCUT2D eigenvalue weighted by molar-refractivity contribution is 5.95. The number of carbonyl (C=O) groups is 2. The number of hydrogen-bond donors (Lipinski definition) is 1. The highest BCUT2D eigenvalue weighted by atomic mass is 16.4. The molecule has 0 saturated heterocycles. The molecular formula is C19H20N3O3-. The number of aromatic carboxylic acids is 1. The standard InChI is InChI=1S/C19H21N3O3/c1-3-22(4-2)17-11-9-15(10-12-17)18(23)21-20-13-14-5-7-16(8-6-14)19(24)25/h5-13H,3-4H2,1-2H3,(H,21,23)(H,24,25)/p-1/b20-13-. The summed E-state index contributed by atoms with van der Waals surface area (Å²) in [4.78, 5) is 24.9. The molecule has 0 aromatic heterocycles. The van der Waals surface area contributed by atoms with Gasteiger partial charge in [-0.05, 0) is 49.2 Å². The van der Waals surface area contributed by atoms with E-state index >= 15 is 0 Å². The van der Waals surface area contributed by atoms with E-state index in [0.717, 1.165) is 18.8 Å². The van der Waals surface area contributed by atoms with Gasteiger partial charge in [0.25, 0.3) is 5.91 Å². The normalized spacial score (nSPS) is 10.6. The van der Waals surface area contributed by atoms with Crippen LogP contribution in [-0.2, 0) is 0 Å². The second-order valence-corrected chi connectivity index (χ2v) is 5.33. The smallest absolute Gasteiger partial charge is 0.271 e. The second-order valence-electron chi connectivity index (χ2n) is 5.33. The summed E-state index contributed by atoms with van der Waals surface area (Å²) < 4.78 is 0.